The lowest BCUT2D eigenvalue weighted by molar-refractivity contribution is 0.0903. The van der Waals surface area contributed by atoms with Crippen LogP contribution in [0.15, 0.2) is 6.20 Å². The molecule has 0 atom stereocenters. The summed E-state index contributed by atoms with van der Waals surface area (Å²) in [6.45, 7) is 7.93. The Hall–Kier alpha value is -1.56. The number of nitrogen functional groups attached to an aromatic ring is 1. The van der Waals surface area contributed by atoms with Crippen LogP contribution in [0.5, 0.6) is 0 Å². The first-order chi connectivity index (χ1) is 9.15. The minimum absolute atomic E-state index is 0.105. The van der Waals surface area contributed by atoms with Crippen molar-refractivity contribution in [3.63, 3.8) is 0 Å². The average Bonchev–Trinajstić information content (AvgIpc) is 2.80. The third kappa shape index (κ3) is 3.07. The summed E-state index contributed by atoms with van der Waals surface area (Å²) >= 11 is 0. The molecular weight excluding hydrogens is 242 g/mol. The third-order valence-corrected chi connectivity index (χ3v) is 3.75. The van der Waals surface area contributed by atoms with Crippen LogP contribution in [0.3, 0.4) is 0 Å². The number of piperidine rings is 1. The number of nitrogens with two attached hydrogens (primary N) is 1. The summed E-state index contributed by atoms with van der Waals surface area (Å²) < 4.78 is 1.64. The smallest absolute Gasteiger partial charge is 0.271 e. The van der Waals surface area contributed by atoms with Gasteiger partial charge in [-0.1, -0.05) is 6.92 Å². The molecule has 0 aromatic carbocycles. The van der Waals surface area contributed by atoms with Crippen molar-refractivity contribution in [3.8, 4) is 0 Å². The summed E-state index contributed by atoms with van der Waals surface area (Å²) in [6, 6.07) is 0.245. The van der Waals surface area contributed by atoms with Gasteiger partial charge in [0, 0.05) is 25.7 Å². The van der Waals surface area contributed by atoms with Gasteiger partial charge in [-0.15, -0.1) is 0 Å². The largest absolute Gasteiger partial charge is 0.396 e. The lowest BCUT2D eigenvalue weighted by atomic mass is 10.0. The predicted molar refractivity (Wildman–Crippen MR) is 74.9 cm³/mol. The maximum Gasteiger partial charge on any atom is 0.271 e. The molecule has 1 aliphatic rings. The molecular formula is C13H23N5O. The fourth-order valence-electron chi connectivity index (χ4n) is 2.54. The molecule has 0 aliphatic carbocycles. The molecule has 1 aromatic heterocycles. The van der Waals surface area contributed by atoms with Gasteiger partial charge in [-0.05, 0) is 26.3 Å². The number of hydrogen-bond acceptors (Lipinski definition) is 4. The number of carbonyl (C=O) groups is 1. The van der Waals surface area contributed by atoms with Crippen molar-refractivity contribution in [2.24, 2.45) is 0 Å². The normalized spacial score (nSPS) is 17.6. The van der Waals surface area contributed by atoms with E-state index in [4.69, 9.17) is 5.73 Å². The van der Waals surface area contributed by atoms with E-state index in [0.29, 0.717) is 17.9 Å². The Morgan fingerprint density at radius 1 is 1.42 bits per heavy atom. The number of aryl methyl sites for hydroxylation is 1. The molecule has 1 saturated heterocycles. The molecule has 0 bridgehead atoms. The number of anilines is 1. The fourth-order valence-corrected chi connectivity index (χ4v) is 2.54. The van der Waals surface area contributed by atoms with Crippen molar-refractivity contribution in [2.75, 3.05) is 25.4 Å². The number of amides is 1. The number of nitrogens with zero attached hydrogens (tertiary/aromatic N) is 3. The summed E-state index contributed by atoms with van der Waals surface area (Å²) in [4.78, 5) is 14.7. The zero-order valence-electron chi connectivity index (χ0n) is 11.7. The van der Waals surface area contributed by atoms with E-state index in [2.05, 4.69) is 22.2 Å². The number of aromatic nitrogens is 2. The minimum Gasteiger partial charge on any atom is -0.396 e. The van der Waals surface area contributed by atoms with Crippen LogP contribution >= 0.6 is 0 Å². The lowest BCUT2D eigenvalue weighted by Gasteiger charge is -2.31. The van der Waals surface area contributed by atoms with E-state index in [9.17, 15) is 4.79 Å². The van der Waals surface area contributed by atoms with Gasteiger partial charge in [0.15, 0.2) is 0 Å². The monoisotopic (exact) mass is 265 g/mol. The van der Waals surface area contributed by atoms with Crippen LogP contribution in [-0.4, -0.2) is 46.3 Å². The van der Waals surface area contributed by atoms with Crippen molar-refractivity contribution in [1.82, 2.24) is 20.0 Å². The molecule has 0 saturated carbocycles. The first kappa shape index (κ1) is 13.9. The molecule has 1 fully saturated rings. The van der Waals surface area contributed by atoms with E-state index < -0.39 is 0 Å². The highest BCUT2D eigenvalue weighted by atomic mass is 16.2. The Bertz CT molecular complexity index is 434. The lowest BCUT2D eigenvalue weighted by Crippen LogP contribution is -2.45. The van der Waals surface area contributed by atoms with Crippen LogP contribution in [0.4, 0.5) is 5.69 Å². The highest BCUT2D eigenvalue weighted by Gasteiger charge is 2.23. The highest BCUT2D eigenvalue weighted by Crippen LogP contribution is 2.14. The topological polar surface area (TPSA) is 76.2 Å². The van der Waals surface area contributed by atoms with Crippen molar-refractivity contribution in [2.45, 2.75) is 39.3 Å². The van der Waals surface area contributed by atoms with Gasteiger partial charge < -0.3 is 16.0 Å². The Labute approximate surface area is 113 Å². The van der Waals surface area contributed by atoms with E-state index in [0.717, 1.165) is 32.5 Å². The zero-order valence-corrected chi connectivity index (χ0v) is 11.7. The number of likely N-dealkylation sites (tertiary alicyclic amines) is 1. The Morgan fingerprint density at radius 3 is 2.68 bits per heavy atom. The van der Waals surface area contributed by atoms with Gasteiger partial charge in [0.25, 0.3) is 5.91 Å². The predicted octanol–water partition coefficient (Wildman–Crippen LogP) is 0.699. The van der Waals surface area contributed by atoms with Crippen molar-refractivity contribution in [3.05, 3.63) is 11.9 Å². The Morgan fingerprint density at radius 2 is 2.11 bits per heavy atom. The van der Waals surface area contributed by atoms with Gasteiger partial charge in [-0.3, -0.25) is 9.48 Å². The summed E-state index contributed by atoms with van der Waals surface area (Å²) in [5.41, 5.74) is 6.75. The van der Waals surface area contributed by atoms with Crippen LogP contribution in [0.25, 0.3) is 0 Å². The van der Waals surface area contributed by atoms with Gasteiger partial charge in [-0.25, -0.2) is 0 Å². The van der Waals surface area contributed by atoms with E-state index >= 15 is 0 Å². The van der Waals surface area contributed by atoms with E-state index in [1.165, 1.54) is 6.20 Å². The van der Waals surface area contributed by atoms with Crippen molar-refractivity contribution >= 4 is 11.6 Å². The second-order valence-corrected chi connectivity index (χ2v) is 4.95. The Kier molecular flexibility index (Phi) is 4.42. The average molecular weight is 265 g/mol. The van der Waals surface area contributed by atoms with Crippen LogP contribution in [-0.2, 0) is 6.54 Å². The van der Waals surface area contributed by atoms with Crippen LogP contribution < -0.4 is 11.1 Å². The van der Waals surface area contributed by atoms with Crippen molar-refractivity contribution < 1.29 is 4.79 Å². The molecule has 1 aliphatic heterocycles. The first-order valence-corrected chi connectivity index (χ1v) is 7.00. The number of carbonyl (C=O) groups excluding carboxylic acids is 1. The minimum atomic E-state index is -0.105. The van der Waals surface area contributed by atoms with Gasteiger partial charge in [0.05, 0.1) is 11.9 Å². The molecule has 6 nitrogen and oxygen atoms in total. The quantitative estimate of drug-likeness (QED) is 0.840. The maximum atomic E-state index is 12.3. The van der Waals surface area contributed by atoms with Gasteiger partial charge in [-0.2, -0.15) is 5.10 Å². The molecule has 6 heteroatoms. The summed E-state index contributed by atoms with van der Waals surface area (Å²) in [5, 5.41) is 7.17. The second-order valence-electron chi connectivity index (χ2n) is 4.95. The molecule has 19 heavy (non-hydrogen) atoms. The van der Waals surface area contributed by atoms with E-state index in [-0.39, 0.29) is 11.9 Å². The molecule has 1 amide bonds. The van der Waals surface area contributed by atoms with Crippen LogP contribution in [0.2, 0.25) is 0 Å². The number of hydrogen-bond donors (Lipinski definition) is 2. The SMILES string of the molecule is CCN1CCC(NC(=O)c2c(N)cnn2CC)CC1. The highest BCUT2D eigenvalue weighted by molar-refractivity contribution is 5.97. The first-order valence-electron chi connectivity index (χ1n) is 7.00. The maximum absolute atomic E-state index is 12.3. The van der Waals surface area contributed by atoms with Crippen LogP contribution in [0.1, 0.15) is 37.2 Å². The Balaban J connectivity index is 1.96. The second kappa shape index (κ2) is 6.06. The molecule has 2 heterocycles. The molecule has 0 radical (unpaired) electrons. The molecule has 3 N–H and O–H groups in total. The fraction of sp³-hybridized carbons (Fsp3) is 0.692. The molecule has 106 valence electrons. The standard InChI is InChI=1S/C13H23N5O/c1-3-17-7-5-10(6-8-17)16-13(19)12-11(14)9-15-18(12)4-2/h9-10H,3-8,14H2,1-2H3,(H,16,19). The van der Waals surface area contributed by atoms with E-state index in [1.54, 1.807) is 4.68 Å². The summed E-state index contributed by atoms with van der Waals surface area (Å²) in [5.74, 6) is -0.105. The van der Waals surface area contributed by atoms with Crippen molar-refractivity contribution in [1.29, 1.82) is 0 Å². The number of nitrogens with one attached hydrogen (secondary N) is 1. The zero-order chi connectivity index (χ0) is 13.8. The molecule has 0 spiro atoms. The van der Waals surface area contributed by atoms with E-state index in [1.807, 2.05) is 6.92 Å². The number of rotatable bonds is 4. The molecule has 1 aromatic rings. The summed E-state index contributed by atoms with van der Waals surface area (Å²) in [7, 11) is 0. The molecule has 2 rings (SSSR count). The third-order valence-electron chi connectivity index (χ3n) is 3.75. The van der Waals surface area contributed by atoms with Gasteiger partial charge in [0.1, 0.15) is 5.69 Å². The van der Waals surface area contributed by atoms with Crippen LogP contribution in [0, 0.1) is 0 Å². The molecule has 0 unspecified atom stereocenters. The van der Waals surface area contributed by atoms with Gasteiger partial charge in [0.2, 0.25) is 0 Å². The summed E-state index contributed by atoms with van der Waals surface area (Å²) in [6.07, 6.45) is 3.54. The van der Waals surface area contributed by atoms with Gasteiger partial charge >= 0.3 is 0 Å².